The molecule has 0 unspecified atom stereocenters. The summed E-state index contributed by atoms with van der Waals surface area (Å²) in [5.74, 6) is 4.44. The summed E-state index contributed by atoms with van der Waals surface area (Å²) in [5, 5.41) is 10.4. The lowest BCUT2D eigenvalue weighted by Gasteiger charge is -2.06. The van der Waals surface area contributed by atoms with Crippen molar-refractivity contribution in [1.82, 2.24) is 4.72 Å². The molecule has 0 fully saturated rings. The first-order valence-electron chi connectivity index (χ1n) is 5.95. The number of sulfonamides is 1. The molecule has 0 amide bonds. The van der Waals surface area contributed by atoms with Crippen LogP contribution < -0.4 is 4.72 Å². The van der Waals surface area contributed by atoms with Gasteiger partial charge in [-0.05, 0) is 23.6 Å². The molecule has 1 aromatic heterocycles. The predicted molar refractivity (Wildman–Crippen MR) is 78.7 cm³/mol. The van der Waals surface area contributed by atoms with Crippen LogP contribution in [0.1, 0.15) is 10.4 Å². The van der Waals surface area contributed by atoms with Crippen molar-refractivity contribution in [2.75, 3.05) is 6.61 Å². The monoisotopic (exact) mass is 325 g/mol. The van der Waals surface area contributed by atoms with E-state index in [4.69, 9.17) is 5.11 Å². The summed E-state index contributed by atoms with van der Waals surface area (Å²) in [5.41, 5.74) is 0.644. The molecule has 2 rings (SSSR count). The Morgan fingerprint density at radius 3 is 2.76 bits per heavy atom. The highest BCUT2D eigenvalue weighted by molar-refractivity contribution is 7.89. The zero-order chi connectivity index (χ0) is 15.3. The molecule has 1 aromatic carbocycles. The molecule has 2 N–H and O–H groups in total. The van der Waals surface area contributed by atoms with Crippen LogP contribution in [0.3, 0.4) is 0 Å². The minimum atomic E-state index is -3.92. The Balaban J connectivity index is 2.17. The fourth-order valence-electron chi connectivity index (χ4n) is 1.62. The van der Waals surface area contributed by atoms with Crippen molar-refractivity contribution in [3.63, 3.8) is 0 Å². The van der Waals surface area contributed by atoms with Gasteiger partial charge in [0.05, 0.1) is 0 Å². The SMILES string of the molecule is O=S(=O)(NCc1sccc1C#CCO)c1ccccc1F. The summed E-state index contributed by atoms with van der Waals surface area (Å²) in [7, 11) is -3.92. The summed E-state index contributed by atoms with van der Waals surface area (Å²) in [4.78, 5) is 0.320. The molecule has 0 saturated heterocycles. The second-order valence-electron chi connectivity index (χ2n) is 3.97. The number of nitrogens with one attached hydrogen (secondary N) is 1. The van der Waals surface area contributed by atoms with Crippen LogP contribution in [0.15, 0.2) is 40.6 Å². The van der Waals surface area contributed by atoms with Gasteiger partial charge in [-0.1, -0.05) is 24.0 Å². The maximum absolute atomic E-state index is 13.5. The second kappa shape index (κ2) is 6.83. The molecule has 1 heterocycles. The van der Waals surface area contributed by atoms with E-state index in [1.165, 1.54) is 29.5 Å². The van der Waals surface area contributed by atoms with Gasteiger partial charge >= 0.3 is 0 Å². The van der Waals surface area contributed by atoms with E-state index in [-0.39, 0.29) is 18.0 Å². The number of halogens is 1. The van der Waals surface area contributed by atoms with Crippen molar-refractivity contribution in [2.45, 2.75) is 11.4 Å². The van der Waals surface area contributed by atoms with E-state index in [1.54, 1.807) is 11.4 Å². The zero-order valence-electron chi connectivity index (χ0n) is 10.8. The Morgan fingerprint density at radius 1 is 1.29 bits per heavy atom. The molecule has 0 aliphatic carbocycles. The molecule has 0 radical (unpaired) electrons. The summed E-state index contributed by atoms with van der Waals surface area (Å²) in [6.45, 7) is -0.250. The maximum Gasteiger partial charge on any atom is 0.243 e. The smallest absolute Gasteiger partial charge is 0.243 e. The lowest BCUT2D eigenvalue weighted by atomic mass is 10.2. The minimum Gasteiger partial charge on any atom is -0.384 e. The molecule has 7 heteroatoms. The van der Waals surface area contributed by atoms with Crippen molar-refractivity contribution in [3.8, 4) is 11.8 Å². The third-order valence-corrected chi connectivity index (χ3v) is 4.95. The van der Waals surface area contributed by atoms with Gasteiger partial charge in [-0.3, -0.25) is 0 Å². The van der Waals surface area contributed by atoms with Crippen LogP contribution >= 0.6 is 11.3 Å². The molecular weight excluding hydrogens is 313 g/mol. The van der Waals surface area contributed by atoms with Gasteiger partial charge in [0.2, 0.25) is 10.0 Å². The summed E-state index contributed by atoms with van der Waals surface area (Å²) in [6.07, 6.45) is 0. The largest absolute Gasteiger partial charge is 0.384 e. The fraction of sp³-hybridized carbons (Fsp3) is 0.143. The van der Waals surface area contributed by atoms with Gasteiger partial charge in [0.15, 0.2) is 0 Å². The van der Waals surface area contributed by atoms with Crippen molar-refractivity contribution in [2.24, 2.45) is 0 Å². The standard InChI is InChI=1S/C14H12FNO3S2/c15-12-5-1-2-6-14(12)21(18,19)16-10-13-11(4-3-8-17)7-9-20-13/h1-2,5-7,9,16-17H,8,10H2. The molecule has 0 bridgehead atoms. The van der Waals surface area contributed by atoms with E-state index >= 15 is 0 Å². The first-order chi connectivity index (χ1) is 10.0. The normalized spacial score (nSPS) is 11.0. The first kappa shape index (κ1) is 15.7. The Labute approximate surface area is 126 Å². The third kappa shape index (κ3) is 3.89. The van der Waals surface area contributed by atoms with Crippen molar-refractivity contribution < 1.29 is 17.9 Å². The fourth-order valence-corrected chi connectivity index (χ4v) is 3.56. The Bertz CT molecular complexity index is 788. The second-order valence-corrected chi connectivity index (χ2v) is 6.71. The third-order valence-electron chi connectivity index (χ3n) is 2.60. The van der Waals surface area contributed by atoms with Crippen LogP contribution in [-0.4, -0.2) is 20.1 Å². The Kier molecular flexibility index (Phi) is 5.09. The average molecular weight is 325 g/mol. The molecular formula is C14H12FNO3S2. The van der Waals surface area contributed by atoms with E-state index in [9.17, 15) is 12.8 Å². The van der Waals surface area contributed by atoms with Gasteiger partial charge in [-0.2, -0.15) is 0 Å². The van der Waals surface area contributed by atoms with Gasteiger partial charge in [-0.15, -0.1) is 11.3 Å². The highest BCUT2D eigenvalue weighted by atomic mass is 32.2. The molecule has 0 aliphatic heterocycles. The molecule has 0 aliphatic rings. The van der Waals surface area contributed by atoms with E-state index in [0.29, 0.717) is 10.4 Å². The predicted octanol–water partition coefficient (Wildman–Crippen LogP) is 1.71. The average Bonchev–Trinajstić information content (AvgIpc) is 2.91. The van der Waals surface area contributed by atoms with Crippen molar-refractivity contribution in [1.29, 1.82) is 0 Å². The van der Waals surface area contributed by atoms with Crippen LogP contribution in [0.4, 0.5) is 4.39 Å². The first-order valence-corrected chi connectivity index (χ1v) is 8.31. The van der Waals surface area contributed by atoms with Gasteiger partial charge < -0.3 is 5.11 Å². The molecule has 0 saturated carbocycles. The zero-order valence-corrected chi connectivity index (χ0v) is 12.5. The van der Waals surface area contributed by atoms with Crippen LogP contribution in [-0.2, 0) is 16.6 Å². The number of aliphatic hydroxyl groups is 1. The van der Waals surface area contributed by atoms with Crippen molar-refractivity contribution >= 4 is 21.4 Å². The van der Waals surface area contributed by atoms with Crippen LogP contribution in [0.5, 0.6) is 0 Å². The Hall–Kier alpha value is -1.72. The van der Waals surface area contributed by atoms with Crippen LogP contribution in [0, 0.1) is 17.7 Å². The van der Waals surface area contributed by atoms with Crippen LogP contribution in [0.25, 0.3) is 0 Å². The number of rotatable bonds is 4. The number of hydrogen-bond acceptors (Lipinski definition) is 4. The quantitative estimate of drug-likeness (QED) is 0.841. The molecule has 110 valence electrons. The Morgan fingerprint density at radius 2 is 2.05 bits per heavy atom. The van der Waals surface area contributed by atoms with Gasteiger partial charge in [0.1, 0.15) is 17.3 Å². The molecule has 2 aromatic rings. The number of thiophene rings is 1. The summed E-state index contributed by atoms with van der Waals surface area (Å²) >= 11 is 1.34. The van der Waals surface area contributed by atoms with Gasteiger partial charge in [0, 0.05) is 17.0 Å². The van der Waals surface area contributed by atoms with E-state index in [1.807, 2.05) is 0 Å². The number of hydrogen-bond donors (Lipinski definition) is 2. The highest BCUT2D eigenvalue weighted by Crippen LogP contribution is 2.18. The topological polar surface area (TPSA) is 66.4 Å². The van der Waals surface area contributed by atoms with Crippen molar-refractivity contribution in [3.05, 3.63) is 52.0 Å². The van der Waals surface area contributed by atoms with E-state index in [2.05, 4.69) is 16.6 Å². The van der Waals surface area contributed by atoms with Gasteiger partial charge in [-0.25, -0.2) is 17.5 Å². The van der Waals surface area contributed by atoms with Crippen LogP contribution in [0.2, 0.25) is 0 Å². The van der Waals surface area contributed by atoms with E-state index in [0.717, 1.165) is 6.07 Å². The molecule has 21 heavy (non-hydrogen) atoms. The minimum absolute atomic E-state index is 0.0176. The maximum atomic E-state index is 13.5. The van der Waals surface area contributed by atoms with Gasteiger partial charge in [0.25, 0.3) is 0 Å². The highest BCUT2D eigenvalue weighted by Gasteiger charge is 2.18. The molecule has 4 nitrogen and oxygen atoms in total. The molecule has 0 spiro atoms. The lowest BCUT2D eigenvalue weighted by Crippen LogP contribution is -2.24. The number of benzene rings is 1. The molecule has 0 atom stereocenters. The summed E-state index contributed by atoms with van der Waals surface area (Å²) < 4.78 is 40.0. The van der Waals surface area contributed by atoms with E-state index < -0.39 is 15.8 Å². The number of aliphatic hydroxyl groups excluding tert-OH is 1. The lowest BCUT2D eigenvalue weighted by molar-refractivity contribution is 0.350. The summed E-state index contributed by atoms with van der Waals surface area (Å²) in [6, 6.07) is 6.92.